The van der Waals surface area contributed by atoms with Crippen molar-refractivity contribution in [2.45, 2.75) is 18.7 Å². The van der Waals surface area contributed by atoms with Crippen molar-refractivity contribution in [3.63, 3.8) is 0 Å². The SMILES string of the molecule is COc1ccc(S(=O)(=O)N2CCN(c3cccc(C)c3C)CC2)cc1Cl. The van der Waals surface area contributed by atoms with Gasteiger partial charge in [0.25, 0.3) is 0 Å². The van der Waals surface area contributed by atoms with Gasteiger partial charge < -0.3 is 9.64 Å². The van der Waals surface area contributed by atoms with Gasteiger partial charge in [-0.15, -0.1) is 0 Å². The van der Waals surface area contributed by atoms with E-state index in [0.717, 1.165) is 0 Å². The first-order chi connectivity index (χ1) is 12.3. The number of hydrogen-bond acceptors (Lipinski definition) is 4. The molecule has 0 unspecified atom stereocenters. The lowest BCUT2D eigenvalue weighted by Crippen LogP contribution is -2.48. The Balaban J connectivity index is 1.76. The molecule has 26 heavy (non-hydrogen) atoms. The third kappa shape index (κ3) is 3.54. The summed E-state index contributed by atoms with van der Waals surface area (Å²) in [5.74, 6) is 0.463. The van der Waals surface area contributed by atoms with Crippen LogP contribution in [0.5, 0.6) is 5.75 Å². The summed E-state index contributed by atoms with van der Waals surface area (Å²) in [6.07, 6.45) is 0. The number of sulfonamides is 1. The zero-order valence-corrected chi connectivity index (χ0v) is 16.8. The minimum atomic E-state index is -3.57. The van der Waals surface area contributed by atoms with E-state index in [1.54, 1.807) is 6.07 Å². The number of ether oxygens (including phenoxy) is 1. The van der Waals surface area contributed by atoms with Crippen molar-refractivity contribution in [3.8, 4) is 5.75 Å². The maximum atomic E-state index is 12.9. The predicted molar refractivity (Wildman–Crippen MR) is 105 cm³/mol. The van der Waals surface area contributed by atoms with Gasteiger partial charge in [-0.25, -0.2) is 8.42 Å². The van der Waals surface area contributed by atoms with Crippen LogP contribution >= 0.6 is 11.6 Å². The molecule has 2 aromatic rings. The molecule has 5 nitrogen and oxygen atoms in total. The summed E-state index contributed by atoms with van der Waals surface area (Å²) in [6.45, 7) is 6.40. The number of nitrogens with zero attached hydrogens (tertiary/aromatic N) is 2. The average molecular weight is 395 g/mol. The van der Waals surface area contributed by atoms with Gasteiger partial charge in [-0.3, -0.25) is 0 Å². The Kier molecular flexibility index (Phi) is 5.46. The second kappa shape index (κ2) is 7.47. The van der Waals surface area contributed by atoms with E-state index in [-0.39, 0.29) is 4.90 Å². The number of aryl methyl sites for hydroxylation is 1. The second-order valence-electron chi connectivity index (χ2n) is 6.41. The normalized spacial score (nSPS) is 15.9. The van der Waals surface area contributed by atoms with Crippen molar-refractivity contribution in [2.24, 2.45) is 0 Å². The van der Waals surface area contributed by atoms with Gasteiger partial charge in [-0.1, -0.05) is 23.7 Å². The van der Waals surface area contributed by atoms with E-state index in [1.807, 2.05) is 6.07 Å². The lowest BCUT2D eigenvalue weighted by molar-refractivity contribution is 0.384. The molecule has 0 aliphatic carbocycles. The fourth-order valence-corrected chi connectivity index (χ4v) is 4.98. The Labute approximate surface area is 160 Å². The van der Waals surface area contributed by atoms with Crippen LogP contribution in [-0.2, 0) is 10.0 Å². The van der Waals surface area contributed by atoms with Gasteiger partial charge in [-0.2, -0.15) is 4.31 Å². The molecular weight excluding hydrogens is 372 g/mol. The van der Waals surface area contributed by atoms with Crippen molar-refractivity contribution in [1.29, 1.82) is 0 Å². The highest BCUT2D eigenvalue weighted by molar-refractivity contribution is 7.89. The van der Waals surface area contributed by atoms with Gasteiger partial charge in [-0.05, 0) is 49.2 Å². The number of rotatable bonds is 4. The molecule has 0 aromatic heterocycles. The van der Waals surface area contributed by atoms with E-state index in [9.17, 15) is 8.42 Å². The molecule has 0 saturated carbocycles. The topological polar surface area (TPSA) is 49.9 Å². The highest BCUT2D eigenvalue weighted by Crippen LogP contribution is 2.29. The van der Waals surface area contributed by atoms with Crippen LogP contribution in [0.25, 0.3) is 0 Å². The fraction of sp³-hybridized carbons (Fsp3) is 0.368. The average Bonchev–Trinajstić information content (AvgIpc) is 2.64. The van der Waals surface area contributed by atoms with Crippen LogP contribution in [0.3, 0.4) is 0 Å². The largest absolute Gasteiger partial charge is 0.495 e. The smallest absolute Gasteiger partial charge is 0.243 e. The quantitative estimate of drug-likeness (QED) is 0.796. The number of halogens is 1. The number of benzene rings is 2. The van der Waals surface area contributed by atoms with E-state index in [2.05, 4.69) is 30.9 Å². The molecule has 1 aliphatic heterocycles. The van der Waals surface area contributed by atoms with E-state index < -0.39 is 10.0 Å². The van der Waals surface area contributed by atoms with Crippen molar-refractivity contribution in [2.75, 3.05) is 38.2 Å². The molecule has 0 atom stereocenters. The highest BCUT2D eigenvalue weighted by atomic mass is 35.5. The molecule has 0 amide bonds. The van der Waals surface area contributed by atoms with E-state index in [4.69, 9.17) is 16.3 Å². The summed E-state index contributed by atoms with van der Waals surface area (Å²) in [6, 6.07) is 10.8. The Morgan fingerprint density at radius 1 is 1.04 bits per heavy atom. The lowest BCUT2D eigenvalue weighted by Gasteiger charge is -2.36. The highest BCUT2D eigenvalue weighted by Gasteiger charge is 2.29. The number of methoxy groups -OCH3 is 1. The van der Waals surface area contributed by atoms with Crippen LogP contribution in [0.2, 0.25) is 5.02 Å². The van der Waals surface area contributed by atoms with Crippen LogP contribution in [0.4, 0.5) is 5.69 Å². The van der Waals surface area contributed by atoms with Crippen LogP contribution in [0, 0.1) is 13.8 Å². The number of anilines is 1. The summed E-state index contributed by atoms with van der Waals surface area (Å²) in [4.78, 5) is 2.44. The first-order valence-corrected chi connectivity index (χ1v) is 10.3. The van der Waals surface area contributed by atoms with Gasteiger partial charge in [0.1, 0.15) is 5.75 Å². The Hall–Kier alpha value is -1.76. The van der Waals surface area contributed by atoms with Gasteiger partial charge in [0.15, 0.2) is 0 Å². The van der Waals surface area contributed by atoms with Gasteiger partial charge in [0, 0.05) is 31.9 Å². The number of piperazine rings is 1. The molecule has 0 spiro atoms. The minimum Gasteiger partial charge on any atom is -0.495 e. The minimum absolute atomic E-state index is 0.198. The Bertz CT molecular complexity index is 907. The van der Waals surface area contributed by atoms with E-state index in [0.29, 0.717) is 37.0 Å². The summed E-state index contributed by atoms with van der Waals surface area (Å²) in [5, 5.41) is 0.294. The fourth-order valence-electron chi connectivity index (χ4n) is 3.20. The first kappa shape index (κ1) is 19.0. The Morgan fingerprint density at radius 2 is 1.73 bits per heavy atom. The van der Waals surface area contributed by atoms with Gasteiger partial charge >= 0.3 is 0 Å². The molecule has 1 fully saturated rings. The van der Waals surface area contributed by atoms with Crippen LogP contribution < -0.4 is 9.64 Å². The predicted octanol–water partition coefficient (Wildman–Crippen LogP) is 3.48. The van der Waals surface area contributed by atoms with Gasteiger partial charge in [0.05, 0.1) is 17.0 Å². The van der Waals surface area contributed by atoms with Crippen molar-refractivity contribution < 1.29 is 13.2 Å². The van der Waals surface area contributed by atoms with Crippen LogP contribution in [0.1, 0.15) is 11.1 Å². The molecule has 2 aromatic carbocycles. The summed E-state index contributed by atoms with van der Waals surface area (Å²) >= 11 is 6.09. The molecule has 3 rings (SSSR count). The third-order valence-corrected chi connectivity index (χ3v) is 7.11. The lowest BCUT2D eigenvalue weighted by atomic mass is 10.1. The molecule has 140 valence electrons. The van der Waals surface area contributed by atoms with Crippen LogP contribution in [0.15, 0.2) is 41.3 Å². The zero-order chi connectivity index (χ0) is 18.9. The monoisotopic (exact) mass is 394 g/mol. The molecule has 1 heterocycles. The van der Waals surface area contributed by atoms with Crippen LogP contribution in [-0.4, -0.2) is 46.0 Å². The molecule has 1 aliphatic rings. The molecule has 0 N–H and O–H groups in total. The third-order valence-electron chi connectivity index (χ3n) is 4.92. The van der Waals surface area contributed by atoms with Crippen molar-refractivity contribution in [3.05, 3.63) is 52.5 Å². The van der Waals surface area contributed by atoms with Crippen molar-refractivity contribution in [1.82, 2.24) is 4.31 Å². The summed E-state index contributed by atoms with van der Waals surface area (Å²) < 4.78 is 32.4. The first-order valence-electron chi connectivity index (χ1n) is 8.49. The second-order valence-corrected chi connectivity index (χ2v) is 8.75. The Morgan fingerprint density at radius 3 is 2.35 bits per heavy atom. The maximum Gasteiger partial charge on any atom is 0.243 e. The standard InChI is InChI=1S/C19H23ClN2O3S/c1-14-5-4-6-18(15(14)2)21-9-11-22(12-10-21)26(23,24)16-7-8-19(25-3)17(20)13-16/h4-8,13H,9-12H2,1-3H3. The zero-order valence-electron chi connectivity index (χ0n) is 15.2. The molecular formula is C19H23ClN2O3S. The van der Waals surface area contributed by atoms with Gasteiger partial charge in [0.2, 0.25) is 10.0 Å². The number of hydrogen-bond donors (Lipinski definition) is 0. The summed E-state index contributed by atoms with van der Waals surface area (Å²) in [7, 11) is -2.06. The maximum absolute atomic E-state index is 12.9. The molecule has 1 saturated heterocycles. The van der Waals surface area contributed by atoms with Crippen molar-refractivity contribution >= 4 is 27.3 Å². The summed E-state index contributed by atoms with van der Waals surface area (Å²) in [5.41, 5.74) is 3.66. The molecule has 0 bridgehead atoms. The van der Waals surface area contributed by atoms with E-state index in [1.165, 1.54) is 40.4 Å². The molecule has 7 heteroatoms. The molecule has 0 radical (unpaired) electrons. The van der Waals surface area contributed by atoms with E-state index >= 15 is 0 Å².